The van der Waals surface area contributed by atoms with Crippen molar-refractivity contribution in [2.75, 3.05) is 6.61 Å². The molecule has 0 saturated heterocycles. The molecule has 1 N–H and O–H groups in total. The Morgan fingerprint density at radius 3 is 2.35 bits per heavy atom. The van der Waals surface area contributed by atoms with E-state index in [1.54, 1.807) is 0 Å². The molecule has 0 heterocycles. The van der Waals surface area contributed by atoms with Crippen LogP contribution in [0.5, 0.6) is 0 Å². The standard InChI is InChI=1S/C16H32O/c1-12(2)16-7-5-6-15(10-16)9-13(3)8-14(4)11-17/h12-17H,5-11H2,1-4H3. The predicted octanol–water partition coefficient (Wildman–Crippen LogP) is 4.49. The average Bonchev–Trinajstić information content (AvgIpc) is 2.28. The van der Waals surface area contributed by atoms with Gasteiger partial charge >= 0.3 is 0 Å². The third kappa shape index (κ3) is 5.42. The molecule has 0 aromatic rings. The molecule has 0 aromatic carbocycles. The van der Waals surface area contributed by atoms with Gasteiger partial charge in [-0.15, -0.1) is 0 Å². The average molecular weight is 240 g/mol. The molecule has 1 heteroatoms. The fourth-order valence-electron chi connectivity index (χ4n) is 3.58. The fraction of sp³-hybridized carbons (Fsp3) is 1.00. The van der Waals surface area contributed by atoms with Crippen molar-refractivity contribution >= 4 is 0 Å². The Labute approximate surface area is 108 Å². The molecule has 0 amide bonds. The summed E-state index contributed by atoms with van der Waals surface area (Å²) in [5.41, 5.74) is 0. The highest BCUT2D eigenvalue weighted by Crippen LogP contribution is 2.37. The van der Waals surface area contributed by atoms with Gasteiger partial charge in [-0.3, -0.25) is 0 Å². The maximum atomic E-state index is 9.10. The Morgan fingerprint density at radius 2 is 1.76 bits per heavy atom. The van der Waals surface area contributed by atoms with Crippen LogP contribution >= 0.6 is 0 Å². The van der Waals surface area contributed by atoms with Gasteiger partial charge in [0.25, 0.3) is 0 Å². The molecular formula is C16H32O. The zero-order valence-corrected chi connectivity index (χ0v) is 12.3. The van der Waals surface area contributed by atoms with Crippen molar-refractivity contribution in [3.63, 3.8) is 0 Å². The van der Waals surface area contributed by atoms with Gasteiger partial charge < -0.3 is 5.11 Å². The first-order chi connectivity index (χ1) is 8.02. The molecule has 0 aliphatic heterocycles. The molecule has 1 nitrogen and oxygen atoms in total. The number of aliphatic hydroxyl groups is 1. The lowest BCUT2D eigenvalue weighted by Gasteiger charge is -2.33. The fourth-order valence-corrected chi connectivity index (χ4v) is 3.58. The molecule has 1 rings (SSSR count). The Hall–Kier alpha value is -0.0400. The van der Waals surface area contributed by atoms with Crippen LogP contribution in [0.1, 0.15) is 66.2 Å². The van der Waals surface area contributed by atoms with Crippen LogP contribution in [0.4, 0.5) is 0 Å². The van der Waals surface area contributed by atoms with Gasteiger partial charge in [0.1, 0.15) is 0 Å². The second kappa shape index (κ2) is 7.41. The number of hydrogen-bond acceptors (Lipinski definition) is 1. The van der Waals surface area contributed by atoms with Crippen molar-refractivity contribution in [1.29, 1.82) is 0 Å². The number of rotatable bonds is 6. The summed E-state index contributed by atoms with van der Waals surface area (Å²) in [6, 6.07) is 0. The number of aliphatic hydroxyl groups excluding tert-OH is 1. The molecule has 4 unspecified atom stereocenters. The monoisotopic (exact) mass is 240 g/mol. The molecule has 1 saturated carbocycles. The van der Waals surface area contributed by atoms with E-state index in [9.17, 15) is 0 Å². The molecule has 1 aliphatic rings. The summed E-state index contributed by atoms with van der Waals surface area (Å²) >= 11 is 0. The van der Waals surface area contributed by atoms with E-state index < -0.39 is 0 Å². The topological polar surface area (TPSA) is 20.2 Å². The van der Waals surface area contributed by atoms with Crippen LogP contribution < -0.4 is 0 Å². The van der Waals surface area contributed by atoms with Crippen molar-refractivity contribution in [3.8, 4) is 0 Å². The summed E-state index contributed by atoms with van der Waals surface area (Å²) in [4.78, 5) is 0. The lowest BCUT2D eigenvalue weighted by Crippen LogP contribution is -2.21. The molecule has 1 fully saturated rings. The third-order valence-electron chi connectivity index (χ3n) is 4.62. The summed E-state index contributed by atoms with van der Waals surface area (Å²) in [5, 5.41) is 9.10. The first-order valence-corrected chi connectivity index (χ1v) is 7.63. The highest BCUT2D eigenvalue weighted by Gasteiger charge is 2.25. The van der Waals surface area contributed by atoms with E-state index in [2.05, 4.69) is 27.7 Å². The minimum Gasteiger partial charge on any atom is -0.396 e. The van der Waals surface area contributed by atoms with Crippen molar-refractivity contribution < 1.29 is 5.11 Å². The summed E-state index contributed by atoms with van der Waals surface area (Å²) in [7, 11) is 0. The summed E-state index contributed by atoms with van der Waals surface area (Å²) < 4.78 is 0. The number of hydrogen-bond donors (Lipinski definition) is 1. The van der Waals surface area contributed by atoms with Gasteiger partial charge in [-0.25, -0.2) is 0 Å². The van der Waals surface area contributed by atoms with Crippen LogP contribution in [0.3, 0.4) is 0 Å². The van der Waals surface area contributed by atoms with Gasteiger partial charge in [0.2, 0.25) is 0 Å². The molecule has 0 radical (unpaired) electrons. The second-order valence-electron chi connectivity index (χ2n) is 6.90. The first-order valence-electron chi connectivity index (χ1n) is 7.63. The van der Waals surface area contributed by atoms with E-state index in [1.807, 2.05) is 0 Å². The largest absolute Gasteiger partial charge is 0.396 e. The molecule has 0 bridgehead atoms. The van der Waals surface area contributed by atoms with Crippen LogP contribution in [0.2, 0.25) is 0 Å². The van der Waals surface area contributed by atoms with E-state index in [-0.39, 0.29) is 0 Å². The van der Waals surface area contributed by atoms with Gasteiger partial charge in [0.15, 0.2) is 0 Å². The molecule has 17 heavy (non-hydrogen) atoms. The molecule has 4 atom stereocenters. The SMILES string of the molecule is CC(CO)CC(C)CC1CCCC(C(C)C)C1. The Morgan fingerprint density at radius 1 is 1.06 bits per heavy atom. The van der Waals surface area contributed by atoms with E-state index in [0.29, 0.717) is 12.5 Å². The highest BCUT2D eigenvalue weighted by molar-refractivity contribution is 4.76. The first kappa shape index (κ1) is 15.0. The highest BCUT2D eigenvalue weighted by atomic mass is 16.3. The minimum atomic E-state index is 0.351. The van der Waals surface area contributed by atoms with Crippen molar-refractivity contribution in [1.82, 2.24) is 0 Å². The zero-order chi connectivity index (χ0) is 12.8. The summed E-state index contributed by atoms with van der Waals surface area (Å²) in [5.74, 6) is 4.06. The lowest BCUT2D eigenvalue weighted by molar-refractivity contribution is 0.171. The van der Waals surface area contributed by atoms with E-state index in [1.165, 1.54) is 38.5 Å². The van der Waals surface area contributed by atoms with Crippen molar-refractivity contribution in [2.24, 2.45) is 29.6 Å². The van der Waals surface area contributed by atoms with Gasteiger partial charge in [-0.1, -0.05) is 47.0 Å². The molecule has 102 valence electrons. The maximum absolute atomic E-state index is 9.10. The van der Waals surface area contributed by atoms with Crippen LogP contribution in [0.25, 0.3) is 0 Å². The van der Waals surface area contributed by atoms with Gasteiger partial charge in [-0.2, -0.15) is 0 Å². The maximum Gasteiger partial charge on any atom is 0.0456 e. The van der Waals surface area contributed by atoms with Gasteiger partial charge in [0, 0.05) is 6.61 Å². The van der Waals surface area contributed by atoms with Crippen LogP contribution in [0.15, 0.2) is 0 Å². The summed E-state index contributed by atoms with van der Waals surface area (Å²) in [6.07, 6.45) is 8.37. The van der Waals surface area contributed by atoms with E-state index >= 15 is 0 Å². The normalized spacial score (nSPS) is 29.3. The van der Waals surface area contributed by atoms with Crippen molar-refractivity contribution in [3.05, 3.63) is 0 Å². The van der Waals surface area contributed by atoms with Crippen LogP contribution in [-0.4, -0.2) is 11.7 Å². The van der Waals surface area contributed by atoms with Gasteiger partial charge in [-0.05, 0) is 48.9 Å². The smallest absolute Gasteiger partial charge is 0.0456 e. The lowest BCUT2D eigenvalue weighted by atomic mass is 9.73. The predicted molar refractivity (Wildman–Crippen MR) is 74.9 cm³/mol. The van der Waals surface area contributed by atoms with Gasteiger partial charge in [0.05, 0.1) is 0 Å². The minimum absolute atomic E-state index is 0.351. The van der Waals surface area contributed by atoms with E-state index in [4.69, 9.17) is 5.11 Å². The second-order valence-corrected chi connectivity index (χ2v) is 6.90. The zero-order valence-electron chi connectivity index (χ0n) is 12.3. The van der Waals surface area contributed by atoms with Crippen molar-refractivity contribution in [2.45, 2.75) is 66.2 Å². The third-order valence-corrected chi connectivity index (χ3v) is 4.62. The molecule has 0 spiro atoms. The Kier molecular flexibility index (Phi) is 6.54. The molecule has 0 aromatic heterocycles. The van der Waals surface area contributed by atoms with Crippen LogP contribution in [0, 0.1) is 29.6 Å². The molecule has 1 aliphatic carbocycles. The Bertz CT molecular complexity index is 200. The summed E-state index contributed by atoms with van der Waals surface area (Å²) in [6.45, 7) is 9.64. The Balaban J connectivity index is 2.30. The van der Waals surface area contributed by atoms with Crippen LogP contribution in [-0.2, 0) is 0 Å². The molecular weight excluding hydrogens is 208 g/mol. The van der Waals surface area contributed by atoms with E-state index in [0.717, 1.165) is 23.7 Å². The quantitative estimate of drug-likeness (QED) is 0.725.